The minimum atomic E-state index is -0.612. The average Bonchev–Trinajstić information content (AvgIpc) is 3.04. The van der Waals surface area contributed by atoms with Crippen molar-refractivity contribution in [1.82, 2.24) is 0 Å². The summed E-state index contributed by atoms with van der Waals surface area (Å²) in [6.07, 6.45) is 2.68. The Kier molecular flexibility index (Phi) is 2.00. The van der Waals surface area contributed by atoms with Crippen molar-refractivity contribution >= 4 is 11.6 Å². The quantitative estimate of drug-likeness (QED) is 0.673. The topological polar surface area (TPSA) is 34.1 Å². The number of rotatable bonds is 1. The van der Waals surface area contributed by atoms with Crippen molar-refractivity contribution in [2.75, 3.05) is 0 Å². The predicted molar refractivity (Wildman–Crippen MR) is 60.1 cm³/mol. The van der Waals surface area contributed by atoms with E-state index < -0.39 is 5.41 Å². The lowest BCUT2D eigenvalue weighted by Gasteiger charge is -2.20. The molecule has 1 aromatic rings. The number of ketones is 2. The Morgan fingerprint density at radius 1 is 1.00 bits per heavy atom. The summed E-state index contributed by atoms with van der Waals surface area (Å²) in [4.78, 5) is 23.9. The molecule has 2 aliphatic rings. The van der Waals surface area contributed by atoms with Gasteiger partial charge in [0.05, 0.1) is 5.41 Å². The fourth-order valence-corrected chi connectivity index (χ4v) is 2.98. The largest absolute Gasteiger partial charge is 0.299 e. The van der Waals surface area contributed by atoms with Crippen LogP contribution in [0, 0.1) is 5.41 Å². The van der Waals surface area contributed by atoms with Gasteiger partial charge in [-0.15, -0.1) is 0 Å². The van der Waals surface area contributed by atoms with Crippen LogP contribution in [0.5, 0.6) is 0 Å². The van der Waals surface area contributed by atoms with Crippen molar-refractivity contribution < 1.29 is 9.59 Å². The molecule has 2 saturated carbocycles. The smallest absolute Gasteiger partial charge is 0.147 e. The summed E-state index contributed by atoms with van der Waals surface area (Å²) in [5.74, 6) is 0.518. The van der Waals surface area contributed by atoms with Crippen LogP contribution in [0.2, 0.25) is 0 Å². The molecule has 0 amide bonds. The van der Waals surface area contributed by atoms with E-state index in [9.17, 15) is 9.59 Å². The van der Waals surface area contributed by atoms with Crippen molar-refractivity contribution in [3.63, 3.8) is 0 Å². The number of carbonyl (C=O) groups is 2. The van der Waals surface area contributed by atoms with E-state index in [1.165, 1.54) is 0 Å². The molecule has 0 N–H and O–H groups in total. The minimum Gasteiger partial charge on any atom is -0.299 e. The zero-order valence-electron chi connectivity index (χ0n) is 9.11. The van der Waals surface area contributed by atoms with Crippen molar-refractivity contribution in [3.8, 4) is 0 Å². The first-order chi connectivity index (χ1) is 7.75. The summed E-state index contributed by atoms with van der Waals surface area (Å²) in [7, 11) is 0. The van der Waals surface area contributed by atoms with Crippen LogP contribution in [-0.2, 0) is 9.59 Å². The average molecular weight is 214 g/mol. The molecule has 2 nitrogen and oxygen atoms in total. The maximum absolute atomic E-state index is 12.0. The van der Waals surface area contributed by atoms with Gasteiger partial charge in [-0.05, 0) is 18.4 Å². The predicted octanol–water partition coefficient (Wildman–Crippen LogP) is 2.48. The Bertz CT molecular complexity index is 431. The van der Waals surface area contributed by atoms with E-state index in [1.807, 2.05) is 30.3 Å². The van der Waals surface area contributed by atoms with E-state index in [0.717, 1.165) is 18.4 Å². The number of Topliss-reactive ketones (excluding diaryl/α,β-unsaturated/α-hetero) is 2. The van der Waals surface area contributed by atoms with Gasteiger partial charge in [0.25, 0.3) is 0 Å². The number of carbonyl (C=O) groups excluding carboxylic acids is 2. The molecule has 3 rings (SSSR count). The van der Waals surface area contributed by atoms with Gasteiger partial charge < -0.3 is 0 Å². The Hall–Kier alpha value is -1.44. The molecule has 0 radical (unpaired) electrons. The monoisotopic (exact) mass is 214 g/mol. The van der Waals surface area contributed by atoms with Gasteiger partial charge in [0.1, 0.15) is 11.6 Å². The first-order valence-electron chi connectivity index (χ1n) is 5.87. The van der Waals surface area contributed by atoms with E-state index >= 15 is 0 Å². The molecule has 2 fully saturated rings. The molecular weight excluding hydrogens is 200 g/mol. The van der Waals surface area contributed by atoms with Gasteiger partial charge >= 0.3 is 0 Å². The normalized spacial score (nSPS) is 27.1. The summed E-state index contributed by atoms with van der Waals surface area (Å²) in [6, 6.07) is 9.95. The van der Waals surface area contributed by atoms with Crippen LogP contribution < -0.4 is 0 Å². The van der Waals surface area contributed by atoms with Gasteiger partial charge in [-0.25, -0.2) is 0 Å². The van der Waals surface area contributed by atoms with E-state index in [0.29, 0.717) is 12.8 Å². The number of benzene rings is 1. The van der Waals surface area contributed by atoms with Crippen LogP contribution in [0.15, 0.2) is 30.3 Å². The minimum absolute atomic E-state index is 0.161. The molecule has 0 heterocycles. The zero-order valence-corrected chi connectivity index (χ0v) is 9.11. The second kappa shape index (κ2) is 3.27. The third kappa shape index (κ3) is 1.19. The van der Waals surface area contributed by atoms with Crippen LogP contribution in [0.1, 0.15) is 37.2 Å². The maximum Gasteiger partial charge on any atom is 0.147 e. The third-order valence-electron chi connectivity index (χ3n) is 3.97. The van der Waals surface area contributed by atoms with Crippen LogP contribution in [0.3, 0.4) is 0 Å². The molecule has 2 heteroatoms. The van der Waals surface area contributed by atoms with Crippen molar-refractivity contribution in [2.24, 2.45) is 5.41 Å². The summed E-state index contributed by atoms with van der Waals surface area (Å²) >= 11 is 0. The molecule has 0 aliphatic heterocycles. The highest BCUT2D eigenvalue weighted by molar-refractivity contribution is 6.13. The van der Waals surface area contributed by atoms with E-state index in [1.54, 1.807) is 0 Å². The highest BCUT2D eigenvalue weighted by Gasteiger charge is 2.65. The third-order valence-corrected chi connectivity index (χ3v) is 3.97. The summed E-state index contributed by atoms with van der Waals surface area (Å²) in [5, 5.41) is 0. The molecule has 1 unspecified atom stereocenters. The van der Waals surface area contributed by atoms with E-state index in [2.05, 4.69) is 0 Å². The molecular formula is C14H14O2. The molecule has 0 bridgehead atoms. The standard InChI is InChI=1S/C14H14O2/c15-12-7-4-8-13(16)14(12)9-11(14)10-5-2-1-3-6-10/h1-3,5-6,11H,4,7-9H2. The number of hydrogen-bond donors (Lipinski definition) is 0. The molecule has 1 spiro atoms. The first-order valence-corrected chi connectivity index (χ1v) is 5.87. The van der Waals surface area contributed by atoms with Gasteiger partial charge in [-0.3, -0.25) is 9.59 Å². The highest BCUT2D eigenvalue weighted by Crippen LogP contribution is 2.62. The zero-order chi connectivity index (χ0) is 11.2. The lowest BCUT2D eigenvalue weighted by Crippen LogP contribution is -2.31. The Morgan fingerprint density at radius 2 is 1.62 bits per heavy atom. The van der Waals surface area contributed by atoms with Gasteiger partial charge in [0.2, 0.25) is 0 Å². The lowest BCUT2D eigenvalue weighted by molar-refractivity contribution is -0.137. The van der Waals surface area contributed by atoms with Crippen LogP contribution in [0.4, 0.5) is 0 Å². The molecule has 16 heavy (non-hydrogen) atoms. The fourth-order valence-electron chi connectivity index (χ4n) is 2.98. The molecule has 2 aliphatic carbocycles. The second-order valence-corrected chi connectivity index (χ2v) is 4.84. The fraction of sp³-hybridized carbons (Fsp3) is 0.429. The van der Waals surface area contributed by atoms with Crippen LogP contribution >= 0.6 is 0 Å². The Balaban J connectivity index is 1.93. The van der Waals surface area contributed by atoms with Crippen molar-refractivity contribution in [2.45, 2.75) is 31.6 Å². The Labute approximate surface area is 94.7 Å². The highest BCUT2D eigenvalue weighted by atomic mass is 16.2. The first kappa shape index (κ1) is 9.76. The van der Waals surface area contributed by atoms with Crippen LogP contribution in [0.25, 0.3) is 0 Å². The molecule has 1 aromatic carbocycles. The second-order valence-electron chi connectivity index (χ2n) is 4.84. The SMILES string of the molecule is O=C1CCCC(=O)C12CC2c1ccccc1. The summed E-state index contributed by atoms with van der Waals surface area (Å²) < 4.78 is 0. The van der Waals surface area contributed by atoms with Gasteiger partial charge in [0, 0.05) is 18.8 Å². The van der Waals surface area contributed by atoms with Crippen molar-refractivity contribution in [1.29, 1.82) is 0 Å². The summed E-state index contributed by atoms with van der Waals surface area (Å²) in [5.41, 5.74) is 0.533. The molecule has 0 aromatic heterocycles. The molecule has 1 atom stereocenters. The van der Waals surface area contributed by atoms with E-state index in [-0.39, 0.29) is 17.5 Å². The van der Waals surface area contributed by atoms with Gasteiger partial charge in [-0.2, -0.15) is 0 Å². The van der Waals surface area contributed by atoms with E-state index in [4.69, 9.17) is 0 Å². The lowest BCUT2D eigenvalue weighted by atomic mass is 9.81. The van der Waals surface area contributed by atoms with Gasteiger partial charge in [-0.1, -0.05) is 30.3 Å². The Morgan fingerprint density at radius 3 is 2.25 bits per heavy atom. The van der Waals surface area contributed by atoms with Crippen molar-refractivity contribution in [3.05, 3.63) is 35.9 Å². The molecule has 82 valence electrons. The van der Waals surface area contributed by atoms with Gasteiger partial charge in [0.15, 0.2) is 0 Å². The molecule has 0 saturated heterocycles. The maximum atomic E-state index is 12.0. The summed E-state index contributed by atoms with van der Waals surface area (Å²) in [6.45, 7) is 0. The van der Waals surface area contributed by atoms with Crippen LogP contribution in [-0.4, -0.2) is 11.6 Å². The number of hydrogen-bond acceptors (Lipinski definition) is 2.